The van der Waals surface area contributed by atoms with Gasteiger partial charge < -0.3 is 20.1 Å². The van der Waals surface area contributed by atoms with E-state index in [4.69, 9.17) is 4.74 Å². The Kier molecular flexibility index (Phi) is 8.76. The first kappa shape index (κ1) is 29.1. The average molecular weight is 560 g/mol. The molecule has 1 atom stereocenters. The van der Waals surface area contributed by atoms with E-state index in [1.54, 1.807) is 18.3 Å². The standard InChI is InChI=1S/C27H31F2N5O6/c1-17-22(24(35)40-2)23(18-7-8-19(28)20(29)16-18)34(25(36)31-17)26(37)33(39)13-5-12-32-14-9-27(38,10-15-32)21-6-3-4-11-30-21/h3-4,6-8,11,16,23,38-39H,5,9-10,12-15H2,1-2H3,(H,31,36). The number of nitrogens with zero attached hydrogens (tertiary/aromatic N) is 4. The van der Waals surface area contributed by atoms with Crippen LogP contribution in [0.25, 0.3) is 0 Å². The Labute approximate surface area is 229 Å². The number of nitrogens with one attached hydrogen (secondary N) is 1. The minimum Gasteiger partial charge on any atom is -0.466 e. The Bertz CT molecular complexity index is 1300. The summed E-state index contributed by atoms with van der Waals surface area (Å²) in [6.45, 7) is 2.89. The lowest BCUT2D eigenvalue weighted by Crippen LogP contribution is -2.55. The summed E-state index contributed by atoms with van der Waals surface area (Å²) in [5.41, 5.74) is -0.577. The van der Waals surface area contributed by atoms with Gasteiger partial charge in [0.05, 0.1) is 24.9 Å². The van der Waals surface area contributed by atoms with Gasteiger partial charge in [-0.25, -0.2) is 33.1 Å². The second kappa shape index (κ2) is 12.1. The zero-order valence-electron chi connectivity index (χ0n) is 22.1. The molecule has 2 aliphatic rings. The van der Waals surface area contributed by atoms with Gasteiger partial charge in [-0.05, 0) is 62.6 Å². The Hall–Kier alpha value is -3.94. The molecule has 1 fully saturated rings. The number of likely N-dealkylation sites (tertiary alicyclic amines) is 1. The lowest BCUT2D eigenvalue weighted by atomic mass is 9.87. The Morgan fingerprint density at radius 2 is 1.93 bits per heavy atom. The van der Waals surface area contributed by atoms with Crippen LogP contribution in [0.15, 0.2) is 53.9 Å². The quantitative estimate of drug-likeness (QED) is 0.268. The molecular weight excluding hydrogens is 528 g/mol. The van der Waals surface area contributed by atoms with Crippen molar-refractivity contribution in [2.75, 3.05) is 33.3 Å². The predicted molar refractivity (Wildman–Crippen MR) is 136 cm³/mol. The van der Waals surface area contributed by atoms with Crippen molar-refractivity contribution >= 4 is 18.0 Å². The van der Waals surface area contributed by atoms with Gasteiger partial charge in [0.15, 0.2) is 11.6 Å². The summed E-state index contributed by atoms with van der Waals surface area (Å²) in [5.74, 6) is -3.29. The molecule has 2 aliphatic heterocycles. The minimum atomic E-state index is -1.48. The number of esters is 1. The van der Waals surface area contributed by atoms with Gasteiger partial charge >= 0.3 is 18.0 Å². The van der Waals surface area contributed by atoms with Gasteiger partial charge in [0.25, 0.3) is 0 Å². The molecular formula is C27H31F2N5O6. The number of aliphatic hydroxyl groups is 1. The van der Waals surface area contributed by atoms with Gasteiger partial charge in [0.2, 0.25) is 0 Å². The van der Waals surface area contributed by atoms with Crippen LogP contribution in [0.1, 0.15) is 43.5 Å². The van der Waals surface area contributed by atoms with Crippen LogP contribution in [-0.2, 0) is 15.1 Å². The number of carbonyl (C=O) groups excluding carboxylic acids is 3. The predicted octanol–water partition coefficient (Wildman–Crippen LogP) is 3.06. The first-order valence-corrected chi connectivity index (χ1v) is 12.8. The van der Waals surface area contributed by atoms with E-state index in [1.807, 2.05) is 6.07 Å². The van der Waals surface area contributed by atoms with E-state index in [0.29, 0.717) is 54.6 Å². The number of imide groups is 1. The molecule has 0 saturated carbocycles. The molecule has 1 saturated heterocycles. The number of pyridine rings is 1. The Morgan fingerprint density at radius 1 is 1.20 bits per heavy atom. The first-order valence-electron chi connectivity index (χ1n) is 12.8. The fraction of sp³-hybridized carbons (Fsp3) is 0.407. The number of ether oxygens (including phenoxy) is 1. The number of benzene rings is 1. The van der Waals surface area contributed by atoms with Gasteiger partial charge in [-0.3, -0.25) is 10.2 Å². The normalized spacial score (nSPS) is 19.3. The molecule has 0 spiro atoms. The second-order valence-corrected chi connectivity index (χ2v) is 9.75. The van der Waals surface area contributed by atoms with Crippen molar-refractivity contribution in [2.24, 2.45) is 0 Å². The van der Waals surface area contributed by atoms with Crippen LogP contribution in [0.5, 0.6) is 0 Å². The van der Waals surface area contributed by atoms with E-state index in [0.717, 1.165) is 25.3 Å². The molecule has 11 nitrogen and oxygen atoms in total. The number of halogens is 2. The Morgan fingerprint density at radius 3 is 2.55 bits per heavy atom. The summed E-state index contributed by atoms with van der Waals surface area (Å²) in [5, 5.41) is 24.3. The molecule has 1 unspecified atom stereocenters. The van der Waals surface area contributed by atoms with Crippen LogP contribution in [0, 0.1) is 11.6 Å². The molecule has 0 aliphatic carbocycles. The summed E-state index contributed by atoms with van der Waals surface area (Å²) in [7, 11) is 1.10. The molecule has 3 heterocycles. The number of carbonyl (C=O) groups is 3. The van der Waals surface area contributed by atoms with Gasteiger partial charge in [-0.1, -0.05) is 12.1 Å². The fourth-order valence-electron chi connectivity index (χ4n) is 5.01. The van der Waals surface area contributed by atoms with Crippen LogP contribution in [0.4, 0.5) is 18.4 Å². The number of allylic oxidation sites excluding steroid dienone is 1. The third-order valence-electron chi connectivity index (χ3n) is 7.21. The topological polar surface area (TPSA) is 136 Å². The second-order valence-electron chi connectivity index (χ2n) is 9.75. The zero-order chi connectivity index (χ0) is 29.0. The highest BCUT2D eigenvalue weighted by atomic mass is 19.2. The first-order chi connectivity index (χ1) is 19.1. The number of piperidine rings is 1. The summed E-state index contributed by atoms with van der Waals surface area (Å²) in [6, 6.07) is 4.52. The van der Waals surface area contributed by atoms with E-state index < -0.39 is 41.3 Å². The highest BCUT2D eigenvalue weighted by Crippen LogP contribution is 2.36. The maximum absolute atomic E-state index is 14.1. The molecule has 3 N–H and O–H groups in total. The third kappa shape index (κ3) is 5.96. The van der Waals surface area contributed by atoms with Crippen molar-refractivity contribution in [2.45, 2.75) is 37.8 Å². The van der Waals surface area contributed by atoms with Crippen LogP contribution in [0.2, 0.25) is 0 Å². The summed E-state index contributed by atoms with van der Waals surface area (Å²) in [6.07, 6.45) is 2.90. The van der Waals surface area contributed by atoms with Crippen molar-refractivity contribution < 1.29 is 38.2 Å². The van der Waals surface area contributed by atoms with E-state index in [-0.39, 0.29) is 23.4 Å². The number of hydrogen-bond donors (Lipinski definition) is 3. The monoisotopic (exact) mass is 559 g/mol. The molecule has 214 valence electrons. The largest absolute Gasteiger partial charge is 0.466 e. The van der Waals surface area contributed by atoms with Crippen molar-refractivity contribution in [3.63, 3.8) is 0 Å². The average Bonchev–Trinajstić information content (AvgIpc) is 2.95. The number of amides is 4. The van der Waals surface area contributed by atoms with Crippen molar-refractivity contribution in [3.05, 3.63) is 76.8 Å². The minimum absolute atomic E-state index is 0.0656. The Balaban J connectivity index is 1.43. The van der Waals surface area contributed by atoms with Crippen molar-refractivity contribution in [1.29, 1.82) is 0 Å². The smallest absolute Gasteiger partial charge is 0.352 e. The van der Waals surface area contributed by atoms with Crippen molar-refractivity contribution in [3.8, 4) is 0 Å². The molecule has 2 aromatic rings. The van der Waals surface area contributed by atoms with Crippen LogP contribution < -0.4 is 5.32 Å². The summed E-state index contributed by atoms with van der Waals surface area (Å²) < 4.78 is 32.6. The number of urea groups is 2. The van der Waals surface area contributed by atoms with E-state index in [2.05, 4.69) is 15.2 Å². The lowest BCUT2D eigenvalue weighted by molar-refractivity contribution is -0.137. The maximum atomic E-state index is 14.1. The molecule has 0 bridgehead atoms. The van der Waals surface area contributed by atoms with Gasteiger partial charge in [0, 0.05) is 25.0 Å². The van der Waals surface area contributed by atoms with Crippen LogP contribution >= 0.6 is 0 Å². The van der Waals surface area contributed by atoms with Gasteiger partial charge in [0.1, 0.15) is 11.6 Å². The fourth-order valence-corrected chi connectivity index (χ4v) is 5.01. The number of hydrogen-bond acceptors (Lipinski definition) is 8. The number of aromatic nitrogens is 1. The molecule has 13 heteroatoms. The summed E-state index contributed by atoms with van der Waals surface area (Å²) in [4.78, 5) is 45.7. The van der Waals surface area contributed by atoms with E-state index in [1.165, 1.54) is 6.92 Å². The molecule has 4 rings (SSSR count). The van der Waals surface area contributed by atoms with E-state index >= 15 is 0 Å². The summed E-state index contributed by atoms with van der Waals surface area (Å²) >= 11 is 0. The zero-order valence-corrected chi connectivity index (χ0v) is 22.1. The maximum Gasteiger partial charge on any atom is 0.352 e. The third-order valence-corrected chi connectivity index (χ3v) is 7.21. The number of methoxy groups -OCH3 is 1. The number of rotatable bonds is 7. The lowest BCUT2D eigenvalue weighted by Gasteiger charge is -2.38. The number of hydroxylamine groups is 2. The van der Waals surface area contributed by atoms with Gasteiger partial charge in [-0.2, -0.15) is 0 Å². The molecule has 1 aromatic carbocycles. The van der Waals surface area contributed by atoms with Crippen LogP contribution in [-0.4, -0.2) is 81.5 Å². The molecule has 4 amide bonds. The SMILES string of the molecule is COC(=O)C1=C(C)NC(=O)N(C(=O)N(O)CCCN2CCC(O)(c3ccccn3)CC2)C1c1ccc(F)c(F)c1. The molecule has 40 heavy (non-hydrogen) atoms. The van der Waals surface area contributed by atoms with Crippen LogP contribution in [0.3, 0.4) is 0 Å². The highest BCUT2D eigenvalue weighted by molar-refractivity contribution is 6.01. The molecule has 1 aromatic heterocycles. The van der Waals surface area contributed by atoms with Gasteiger partial charge in [-0.15, -0.1) is 0 Å². The highest BCUT2D eigenvalue weighted by Gasteiger charge is 2.43. The van der Waals surface area contributed by atoms with E-state index in [9.17, 15) is 33.5 Å². The molecule has 0 radical (unpaired) electrons. The van der Waals surface area contributed by atoms with Crippen molar-refractivity contribution in [1.82, 2.24) is 25.2 Å².